The van der Waals surface area contributed by atoms with Crippen molar-refractivity contribution in [1.29, 1.82) is 0 Å². The van der Waals surface area contributed by atoms with E-state index in [1.807, 2.05) is 18.6 Å². The zero-order valence-electron chi connectivity index (χ0n) is 11.8. The number of hydrogen-bond acceptors (Lipinski definition) is 5. The molecule has 0 bridgehead atoms. The molecule has 0 radical (unpaired) electrons. The van der Waals surface area contributed by atoms with E-state index in [1.54, 1.807) is 35.5 Å². The number of amides is 1. The molecular weight excluding hydrogens is 333 g/mol. The second-order valence-corrected chi connectivity index (χ2v) is 5.12. The molecule has 0 aromatic carbocycles. The lowest BCUT2D eigenvalue weighted by atomic mass is 10.1. The summed E-state index contributed by atoms with van der Waals surface area (Å²) in [5.41, 5.74) is 0.858. The number of thiazole rings is 1. The molecule has 2 N–H and O–H groups in total. The van der Waals surface area contributed by atoms with Crippen LogP contribution < -0.4 is 10.6 Å². The molecule has 2 heterocycles. The van der Waals surface area contributed by atoms with Gasteiger partial charge in [0.15, 0.2) is 0 Å². The maximum absolute atomic E-state index is 12.1. The lowest BCUT2D eigenvalue weighted by Gasteiger charge is -2.14. The average molecular weight is 352 g/mol. The molecule has 1 unspecified atom stereocenters. The predicted molar refractivity (Wildman–Crippen MR) is 88.3 cm³/mol. The molecule has 0 aliphatic rings. The topological polar surface area (TPSA) is 71.8 Å². The van der Waals surface area contributed by atoms with Gasteiger partial charge in [0.2, 0.25) is 5.91 Å². The summed E-state index contributed by atoms with van der Waals surface area (Å²) in [6.07, 6.45) is 6.06. The number of likely N-dealkylation sites (N-methyl/N-ethyl adjacent to an activating group) is 1. The molecule has 9 heteroatoms. The third kappa shape index (κ3) is 5.62. The van der Waals surface area contributed by atoms with Gasteiger partial charge in [-0.1, -0.05) is 0 Å². The van der Waals surface area contributed by atoms with Gasteiger partial charge in [-0.3, -0.25) is 9.48 Å². The number of halogens is 2. The molecule has 0 saturated carbocycles. The van der Waals surface area contributed by atoms with Gasteiger partial charge in [-0.15, -0.1) is 36.2 Å². The Balaban J connectivity index is 0.00000200. The van der Waals surface area contributed by atoms with E-state index in [-0.39, 0.29) is 36.8 Å². The zero-order chi connectivity index (χ0) is 13.7. The number of carbonyl (C=O) groups excluding carboxylic acids is 1. The first-order chi connectivity index (χ1) is 9.20. The Hall–Kier alpha value is -1.15. The largest absolute Gasteiger partial charge is 0.354 e. The van der Waals surface area contributed by atoms with Crippen LogP contribution in [0, 0.1) is 0 Å². The van der Waals surface area contributed by atoms with Gasteiger partial charge in [-0.25, -0.2) is 4.98 Å². The molecule has 6 nitrogen and oxygen atoms in total. The second-order valence-electron chi connectivity index (χ2n) is 4.14. The molecule has 2 aromatic heterocycles. The highest BCUT2D eigenvalue weighted by atomic mass is 35.5. The molecule has 0 fully saturated rings. The highest BCUT2D eigenvalue weighted by Gasteiger charge is 2.19. The van der Waals surface area contributed by atoms with Gasteiger partial charge in [-0.05, 0) is 7.05 Å². The fourth-order valence-corrected chi connectivity index (χ4v) is 2.43. The highest BCUT2D eigenvalue weighted by Crippen LogP contribution is 2.11. The molecule has 1 amide bonds. The summed E-state index contributed by atoms with van der Waals surface area (Å²) in [5.74, 6) is -0.0490. The molecule has 0 spiro atoms. The van der Waals surface area contributed by atoms with Crippen molar-refractivity contribution >= 4 is 42.1 Å². The van der Waals surface area contributed by atoms with E-state index in [9.17, 15) is 4.79 Å². The monoisotopic (exact) mass is 351 g/mol. The van der Waals surface area contributed by atoms with E-state index in [1.165, 1.54) is 0 Å². The van der Waals surface area contributed by atoms with Crippen molar-refractivity contribution in [2.75, 3.05) is 13.6 Å². The minimum absolute atomic E-state index is 0. The van der Waals surface area contributed by atoms with Gasteiger partial charge >= 0.3 is 0 Å². The number of nitrogens with zero attached hydrogens (tertiary/aromatic N) is 3. The van der Waals surface area contributed by atoms with Gasteiger partial charge in [0, 0.05) is 43.4 Å². The van der Waals surface area contributed by atoms with E-state index in [2.05, 4.69) is 20.7 Å². The minimum Gasteiger partial charge on any atom is -0.354 e. The number of aryl methyl sites for hydroxylation is 1. The lowest BCUT2D eigenvalue weighted by molar-refractivity contribution is -0.123. The van der Waals surface area contributed by atoms with Crippen molar-refractivity contribution in [1.82, 2.24) is 25.4 Å². The number of nitrogens with one attached hydrogen (secondary N) is 2. The minimum atomic E-state index is -0.370. The fourth-order valence-electron chi connectivity index (χ4n) is 1.81. The van der Waals surface area contributed by atoms with E-state index in [0.717, 1.165) is 17.0 Å². The zero-order valence-corrected chi connectivity index (χ0v) is 14.2. The predicted octanol–water partition coefficient (Wildman–Crippen LogP) is 1.34. The molecule has 0 aliphatic heterocycles. The fraction of sp³-hybridized carbons (Fsp3) is 0.417. The molecule has 118 valence electrons. The van der Waals surface area contributed by atoms with Gasteiger partial charge < -0.3 is 10.6 Å². The summed E-state index contributed by atoms with van der Waals surface area (Å²) in [5, 5.41) is 12.9. The first-order valence-corrected chi connectivity index (χ1v) is 6.90. The smallest absolute Gasteiger partial charge is 0.241 e. The summed E-state index contributed by atoms with van der Waals surface area (Å²) < 4.78 is 1.68. The van der Waals surface area contributed by atoms with Crippen LogP contribution in [0.4, 0.5) is 0 Å². The van der Waals surface area contributed by atoms with Crippen molar-refractivity contribution in [2.45, 2.75) is 12.5 Å². The molecule has 2 rings (SSSR count). The van der Waals surface area contributed by atoms with Crippen molar-refractivity contribution in [2.24, 2.45) is 7.05 Å². The summed E-state index contributed by atoms with van der Waals surface area (Å²) in [6, 6.07) is -0.370. The maximum atomic E-state index is 12.1. The molecule has 1 atom stereocenters. The maximum Gasteiger partial charge on any atom is 0.241 e. The van der Waals surface area contributed by atoms with Crippen LogP contribution in [0.5, 0.6) is 0 Å². The number of aromatic nitrogens is 3. The SMILES string of the molecule is CNC(C(=O)NCCc1nccs1)c1cnn(C)c1.Cl.Cl. The van der Waals surface area contributed by atoms with Gasteiger partial charge in [0.1, 0.15) is 6.04 Å². The molecule has 0 saturated heterocycles. The van der Waals surface area contributed by atoms with Crippen LogP contribution in [0.25, 0.3) is 0 Å². The van der Waals surface area contributed by atoms with Crippen LogP contribution in [0.15, 0.2) is 24.0 Å². The average Bonchev–Trinajstić information content (AvgIpc) is 3.02. The Labute approximate surface area is 140 Å². The Morgan fingerprint density at radius 2 is 2.24 bits per heavy atom. The van der Waals surface area contributed by atoms with Gasteiger partial charge in [-0.2, -0.15) is 5.10 Å². The summed E-state index contributed by atoms with van der Waals surface area (Å²) in [7, 11) is 3.59. The van der Waals surface area contributed by atoms with Crippen molar-refractivity contribution in [3.63, 3.8) is 0 Å². The number of carbonyl (C=O) groups is 1. The first-order valence-electron chi connectivity index (χ1n) is 6.02. The van der Waals surface area contributed by atoms with E-state index < -0.39 is 0 Å². The Morgan fingerprint density at radius 1 is 1.48 bits per heavy atom. The van der Waals surface area contributed by atoms with Crippen molar-refractivity contribution in [3.05, 3.63) is 34.5 Å². The summed E-state index contributed by atoms with van der Waals surface area (Å²) >= 11 is 1.60. The second kappa shape index (κ2) is 9.73. The van der Waals surface area contributed by atoms with Crippen LogP contribution in [0.1, 0.15) is 16.6 Å². The third-order valence-electron chi connectivity index (χ3n) is 2.73. The number of hydrogen-bond donors (Lipinski definition) is 2. The van der Waals surface area contributed by atoms with Crippen molar-refractivity contribution < 1.29 is 4.79 Å². The van der Waals surface area contributed by atoms with Crippen LogP contribution in [0.2, 0.25) is 0 Å². The van der Waals surface area contributed by atoms with Crippen LogP contribution in [-0.2, 0) is 18.3 Å². The van der Waals surface area contributed by atoms with Crippen LogP contribution in [0.3, 0.4) is 0 Å². The van der Waals surface area contributed by atoms with E-state index in [0.29, 0.717) is 6.54 Å². The van der Waals surface area contributed by atoms with Gasteiger partial charge in [0.25, 0.3) is 0 Å². The quantitative estimate of drug-likeness (QED) is 0.823. The molecule has 0 aliphatic carbocycles. The molecule has 2 aromatic rings. The highest BCUT2D eigenvalue weighted by molar-refractivity contribution is 7.09. The van der Waals surface area contributed by atoms with Crippen molar-refractivity contribution in [3.8, 4) is 0 Å². The van der Waals surface area contributed by atoms with E-state index >= 15 is 0 Å². The van der Waals surface area contributed by atoms with E-state index in [4.69, 9.17) is 0 Å². The van der Waals surface area contributed by atoms with Gasteiger partial charge in [0.05, 0.1) is 11.2 Å². The normalized spacial score (nSPS) is 11.1. The molecular formula is C12H19Cl2N5OS. The number of rotatable bonds is 6. The standard InChI is InChI=1S/C12H17N5OS.2ClH/c1-13-11(9-7-16-17(2)8-9)12(18)15-4-3-10-14-5-6-19-10;;/h5-8,11,13H,3-4H2,1-2H3,(H,15,18);2*1H. The Kier molecular flexibility index (Phi) is 9.19. The Bertz CT molecular complexity index is 531. The first kappa shape index (κ1) is 19.9. The van der Waals surface area contributed by atoms with Crippen LogP contribution in [-0.4, -0.2) is 34.3 Å². The lowest BCUT2D eigenvalue weighted by Crippen LogP contribution is -2.36. The third-order valence-corrected chi connectivity index (χ3v) is 3.57. The Morgan fingerprint density at radius 3 is 2.76 bits per heavy atom. The summed E-state index contributed by atoms with van der Waals surface area (Å²) in [4.78, 5) is 16.3. The van der Waals surface area contributed by atoms with Crippen LogP contribution >= 0.6 is 36.2 Å². The molecule has 21 heavy (non-hydrogen) atoms. The summed E-state index contributed by atoms with van der Waals surface area (Å²) in [6.45, 7) is 0.588.